The van der Waals surface area contributed by atoms with E-state index in [0.29, 0.717) is 22.6 Å². The second kappa shape index (κ2) is 9.14. The van der Waals surface area contributed by atoms with Gasteiger partial charge in [0.1, 0.15) is 6.61 Å². The van der Waals surface area contributed by atoms with Crippen molar-refractivity contribution in [2.75, 3.05) is 13.7 Å². The van der Waals surface area contributed by atoms with Gasteiger partial charge in [-0.05, 0) is 30.7 Å². The second-order valence-corrected chi connectivity index (χ2v) is 5.13. The summed E-state index contributed by atoms with van der Waals surface area (Å²) in [6, 6.07) is 14.5. The number of hydrogen-bond donors (Lipinski definition) is 0. The average Bonchev–Trinajstić information content (AvgIpc) is 2.65. The van der Waals surface area contributed by atoms with E-state index in [9.17, 15) is 4.79 Å². The number of methoxy groups -OCH3 is 1. The molecule has 25 heavy (non-hydrogen) atoms. The van der Waals surface area contributed by atoms with Crippen LogP contribution in [-0.2, 0) is 16.1 Å². The van der Waals surface area contributed by atoms with E-state index in [-0.39, 0.29) is 13.2 Å². The highest BCUT2D eigenvalue weighted by molar-refractivity contribution is 5.71. The van der Waals surface area contributed by atoms with Crippen LogP contribution in [-0.4, -0.2) is 19.7 Å². The molecule has 0 N–H and O–H groups in total. The summed E-state index contributed by atoms with van der Waals surface area (Å²) in [6.07, 6.45) is 3.86. The number of nitrogens with zero attached hydrogens (tertiary/aromatic N) is 1. The van der Waals surface area contributed by atoms with Crippen molar-refractivity contribution >= 4 is 12.0 Å². The zero-order valence-corrected chi connectivity index (χ0v) is 14.2. The number of carbonyl (C=O) groups excluding carboxylic acids is 1. The van der Waals surface area contributed by atoms with Crippen LogP contribution < -0.4 is 9.47 Å². The zero-order chi connectivity index (χ0) is 18.1. The molecule has 0 aliphatic heterocycles. The highest BCUT2D eigenvalue weighted by Crippen LogP contribution is 2.28. The molecular formula is C20H19NO4. The van der Waals surface area contributed by atoms with Gasteiger partial charge in [-0.25, -0.2) is 4.79 Å². The summed E-state index contributed by atoms with van der Waals surface area (Å²) in [5.74, 6) is 0.482. The minimum Gasteiger partial charge on any atom is -0.493 e. The molecule has 0 heterocycles. The van der Waals surface area contributed by atoms with E-state index in [1.165, 1.54) is 0 Å². The number of allylic oxidation sites excluding steroid dienone is 1. The van der Waals surface area contributed by atoms with Crippen molar-refractivity contribution in [2.45, 2.75) is 13.5 Å². The molecule has 5 heteroatoms. The van der Waals surface area contributed by atoms with Crippen molar-refractivity contribution in [3.8, 4) is 17.6 Å². The summed E-state index contributed by atoms with van der Waals surface area (Å²) in [5.41, 5.74) is 2.12. The lowest BCUT2D eigenvalue weighted by Gasteiger charge is -2.11. The van der Waals surface area contributed by atoms with Crippen LogP contribution in [0.25, 0.3) is 6.08 Å². The van der Waals surface area contributed by atoms with Crippen molar-refractivity contribution < 1.29 is 19.0 Å². The van der Waals surface area contributed by atoms with Crippen LogP contribution in [0, 0.1) is 11.3 Å². The molecule has 0 spiro atoms. The van der Waals surface area contributed by atoms with Crippen LogP contribution in [0.3, 0.4) is 0 Å². The van der Waals surface area contributed by atoms with Crippen molar-refractivity contribution in [3.05, 3.63) is 65.2 Å². The Hall–Kier alpha value is -3.26. The molecular weight excluding hydrogens is 318 g/mol. The molecule has 0 radical (unpaired) electrons. The van der Waals surface area contributed by atoms with Crippen molar-refractivity contribution in [3.63, 3.8) is 0 Å². The number of hydrogen-bond acceptors (Lipinski definition) is 5. The summed E-state index contributed by atoms with van der Waals surface area (Å²) in [5, 5.41) is 9.02. The molecule has 0 fully saturated rings. The van der Waals surface area contributed by atoms with E-state index in [1.54, 1.807) is 37.4 Å². The number of esters is 1. The first-order valence-electron chi connectivity index (χ1n) is 7.75. The van der Waals surface area contributed by atoms with Gasteiger partial charge >= 0.3 is 5.97 Å². The number of benzene rings is 2. The number of rotatable bonds is 7. The van der Waals surface area contributed by atoms with Gasteiger partial charge in [-0.1, -0.05) is 36.4 Å². The summed E-state index contributed by atoms with van der Waals surface area (Å²) >= 11 is 0. The van der Waals surface area contributed by atoms with Crippen LogP contribution in [0.15, 0.2) is 48.5 Å². The molecule has 0 saturated heterocycles. The third kappa shape index (κ3) is 5.11. The Morgan fingerprint density at radius 3 is 2.72 bits per heavy atom. The van der Waals surface area contributed by atoms with E-state index in [1.807, 2.05) is 31.2 Å². The Morgan fingerprint density at radius 1 is 1.20 bits per heavy atom. The van der Waals surface area contributed by atoms with Crippen molar-refractivity contribution in [1.29, 1.82) is 5.26 Å². The van der Waals surface area contributed by atoms with Gasteiger partial charge in [-0.3, -0.25) is 0 Å². The molecule has 2 aromatic carbocycles. The summed E-state index contributed by atoms with van der Waals surface area (Å²) in [4.78, 5) is 11.9. The Bertz CT molecular complexity index is 806. The fourth-order valence-electron chi connectivity index (χ4n) is 2.19. The smallest absolute Gasteiger partial charge is 0.344 e. The van der Waals surface area contributed by atoms with Gasteiger partial charge in [-0.15, -0.1) is 0 Å². The molecule has 128 valence electrons. The average molecular weight is 337 g/mol. The lowest BCUT2D eigenvalue weighted by Crippen LogP contribution is -2.15. The molecule has 0 unspecified atom stereocenters. The summed E-state index contributed by atoms with van der Waals surface area (Å²) in [6.45, 7) is 1.72. The maximum atomic E-state index is 11.9. The quantitative estimate of drug-likeness (QED) is 0.720. The predicted molar refractivity (Wildman–Crippen MR) is 94.2 cm³/mol. The number of nitriles is 1. The molecule has 0 aromatic heterocycles. The lowest BCUT2D eigenvalue weighted by atomic mass is 10.1. The molecule has 0 saturated carbocycles. The molecule has 0 bridgehead atoms. The van der Waals surface area contributed by atoms with Gasteiger partial charge in [0.25, 0.3) is 0 Å². The van der Waals surface area contributed by atoms with E-state index in [4.69, 9.17) is 19.5 Å². The Balaban J connectivity index is 1.93. The van der Waals surface area contributed by atoms with Crippen molar-refractivity contribution in [1.82, 2.24) is 0 Å². The number of ether oxygens (including phenoxy) is 3. The van der Waals surface area contributed by atoms with E-state index < -0.39 is 5.97 Å². The Labute approximate surface area is 147 Å². The summed E-state index contributed by atoms with van der Waals surface area (Å²) < 4.78 is 15.9. The monoisotopic (exact) mass is 337 g/mol. The molecule has 2 rings (SSSR count). The highest BCUT2D eigenvalue weighted by atomic mass is 16.6. The normalized spacial score (nSPS) is 10.3. The van der Waals surface area contributed by atoms with Crippen LogP contribution in [0.4, 0.5) is 0 Å². The number of carbonyl (C=O) groups is 1. The van der Waals surface area contributed by atoms with Gasteiger partial charge < -0.3 is 14.2 Å². The topological polar surface area (TPSA) is 68.5 Å². The van der Waals surface area contributed by atoms with E-state index >= 15 is 0 Å². The maximum absolute atomic E-state index is 11.9. The SMILES string of the molecule is CC=Cc1ccc(OCC(=O)OCc2ccccc2C#N)c(OC)c1. The minimum absolute atomic E-state index is 0.0310. The third-order valence-corrected chi connectivity index (χ3v) is 3.42. The fraction of sp³-hybridized carbons (Fsp3) is 0.200. The second-order valence-electron chi connectivity index (χ2n) is 5.13. The molecule has 2 aromatic rings. The minimum atomic E-state index is -0.521. The lowest BCUT2D eigenvalue weighted by molar-refractivity contribution is -0.147. The first-order chi connectivity index (χ1) is 12.2. The van der Waals surface area contributed by atoms with Gasteiger partial charge in [0, 0.05) is 5.56 Å². The van der Waals surface area contributed by atoms with Crippen LogP contribution in [0.2, 0.25) is 0 Å². The van der Waals surface area contributed by atoms with Crippen LogP contribution >= 0.6 is 0 Å². The molecule has 0 aliphatic rings. The van der Waals surface area contributed by atoms with Gasteiger partial charge in [0.15, 0.2) is 18.1 Å². The third-order valence-electron chi connectivity index (χ3n) is 3.42. The molecule has 0 aliphatic carbocycles. The van der Waals surface area contributed by atoms with Crippen LogP contribution in [0.5, 0.6) is 11.5 Å². The maximum Gasteiger partial charge on any atom is 0.344 e. The predicted octanol–water partition coefficient (Wildman–Crippen LogP) is 3.72. The standard InChI is InChI=1S/C20H19NO4/c1-3-6-15-9-10-18(19(11-15)23-2)24-14-20(22)25-13-17-8-5-4-7-16(17)12-21/h3-11H,13-14H2,1-2H3. The first kappa shape index (κ1) is 18.1. The van der Waals surface area contributed by atoms with Crippen LogP contribution in [0.1, 0.15) is 23.6 Å². The Kier molecular flexibility index (Phi) is 6.61. The van der Waals surface area contributed by atoms with Crippen molar-refractivity contribution in [2.24, 2.45) is 0 Å². The molecule has 0 amide bonds. The Morgan fingerprint density at radius 2 is 2.00 bits per heavy atom. The van der Waals surface area contributed by atoms with Gasteiger partial charge in [0.2, 0.25) is 0 Å². The first-order valence-corrected chi connectivity index (χ1v) is 7.75. The zero-order valence-electron chi connectivity index (χ0n) is 14.2. The molecule has 5 nitrogen and oxygen atoms in total. The highest BCUT2D eigenvalue weighted by Gasteiger charge is 2.10. The van der Waals surface area contributed by atoms with Gasteiger partial charge in [0.05, 0.1) is 18.7 Å². The summed E-state index contributed by atoms with van der Waals surface area (Å²) in [7, 11) is 1.54. The largest absolute Gasteiger partial charge is 0.493 e. The fourth-order valence-corrected chi connectivity index (χ4v) is 2.19. The van der Waals surface area contributed by atoms with Gasteiger partial charge in [-0.2, -0.15) is 5.26 Å². The van der Waals surface area contributed by atoms with E-state index in [2.05, 4.69) is 6.07 Å². The van der Waals surface area contributed by atoms with E-state index in [0.717, 1.165) is 5.56 Å². The molecule has 0 atom stereocenters.